The van der Waals surface area contributed by atoms with Crippen molar-refractivity contribution in [2.24, 2.45) is 0 Å². The summed E-state index contributed by atoms with van der Waals surface area (Å²) in [5, 5.41) is 4.91. The third-order valence-corrected chi connectivity index (χ3v) is 8.42. The lowest BCUT2D eigenvalue weighted by atomic mass is 9.93. The van der Waals surface area contributed by atoms with Gasteiger partial charge in [0.2, 0.25) is 5.95 Å². The highest BCUT2D eigenvalue weighted by atomic mass is 15.2. The first kappa shape index (κ1) is 26.1. The molecule has 0 N–H and O–H groups in total. The molecular formula is C40H30N4. The predicted octanol–water partition coefficient (Wildman–Crippen LogP) is 10.2. The van der Waals surface area contributed by atoms with E-state index in [4.69, 9.17) is 15.0 Å². The van der Waals surface area contributed by atoms with Crippen molar-refractivity contribution in [1.82, 2.24) is 19.5 Å². The van der Waals surface area contributed by atoms with Crippen molar-refractivity contribution in [2.45, 2.75) is 19.8 Å². The molecule has 8 rings (SSSR count). The number of hydrogen-bond donors (Lipinski definition) is 0. The second-order valence-electron chi connectivity index (χ2n) is 11.5. The summed E-state index contributed by atoms with van der Waals surface area (Å²) in [4.78, 5) is 15.3. The highest BCUT2D eigenvalue weighted by Crippen LogP contribution is 2.41. The van der Waals surface area contributed by atoms with Crippen molar-refractivity contribution in [1.29, 1.82) is 0 Å². The predicted molar refractivity (Wildman–Crippen MR) is 182 cm³/mol. The van der Waals surface area contributed by atoms with Gasteiger partial charge in [-0.15, -0.1) is 0 Å². The minimum Gasteiger partial charge on any atom is -0.278 e. The molecule has 0 atom stereocenters. The van der Waals surface area contributed by atoms with Crippen LogP contribution >= 0.6 is 0 Å². The summed E-state index contributed by atoms with van der Waals surface area (Å²) in [6.45, 7) is 4.52. The van der Waals surface area contributed by atoms with Crippen LogP contribution in [0.1, 0.15) is 25.3 Å². The smallest absolute Gasteiger partial charge is 0.238 e. The maximum Gasteiger partial charge on any atom is 0.238 e. The van der Waals surface area contributed by atoms with E-state index in [2.05, 4.69) is 122 Å². The Balaban J connectivity index is 1.52. The highest BCUT2D eigenvalue weighted by molar-refractivity contribution is 6.22. The van der Waals surface area contributed by atoms with Crippen LogP contribution in [0.5, 0.6) is 0 Å². The maximum atomic E-state index is 5.17. The second-order valence-corrected chi connectivity index (χ2v) is 11.5. The quantitative estimate of drug-likeness (QED) is 0.208. The molecule has 0 unspecified atom stereocenters. The normalized spacial score (nSPS) is 11.6. The van der Waals surface area contributed by atoms with E-state index in [1.54, 1.807) is 0 Å². The van der Waals surface area contributed by atoms with Crippen molar-refractivity contribution in [3.63, 3.8) is 0 Å². The Hall–Kier alpha value is -5.61. The van der Waals surface area contributed by atoms with Gasteiger partial charge in [0, 0.05) is 21.9 Å². The number of aromatic nitrogens is 4. The fourth-order valence-electron chi connectivity index (χ4n) is 6.31. The molecule has 0 aliphatic heterocycles. The van der Waals surface area contributed by atoms with Gasteiger partial charge in [0.1, 0.15) is 0 Å². The molecule has 0 aliphatic rings. The molecule has 0 saturated carbocycles. The van der Waals surface area contributed by atoms with Crippen LogP contribution in [0.2, 0.25) is 0 Å². The first-order chi connectivity index (χ1) is 21.7. The zero-order valence-corrected chi connectivity index (χ0v) is 24.6. The van der Waals surface area contributed by atoms with Crippen LogP contribution in [0.3, 0.4) is 0 Å². The average molecular weight is 567 g/mol. The zero-order chi connectivity index (χ0) is 29.6. The van der Waals surface area contributed by atoms with Crippen LogP contribution in [-0.4, -0.2) is 19.5 Å². The van der Waals surface area contributed by atoms with Crippen molar-refractivity contribution in [3.05, 3.63) is 145 Å². The number of nitrogens with zero attached hydrogens (tertiary/aromatic N) is 4. The fourth-order valence-corrected chi connectivity index (χ4v) is 6.31. The van der Waals surface area contributed by atoms with Crippen LogP contribution in [0.4, 0.5) is 0 Å². The fraction of sp³-hybridized carbons (Fsp3) is 0.0750. The van der Waals surface area contributed by atoms with Crippen molar-refractivity contribution in [2.75, 3.05) is 0 Å². The first-order valence-electron chi connectivity index (χ1n) is 15.1. The number of rotatable bonds is 5. The second kappa shape index (κ2) is 10.6. The van der Waals surface area contributed by atoms with Gasteiger partial charge in [-0.3, -0.25) is 4.57 Å². The third-order valence-electron chi connectivity index (χ3n) is 8.42. The SMILES string of the molecule is CC(C)c1cc2c(c3ccccc13)c1ccc(-c3ccccc3)cc1n2-c1nc(-c2ccccc2)nc(-c2ccccc2)n1. The van der Waals surface area contributed by atoms with Gasteiger partial charge in [-0.05, 0) is 45.5 Å². The molecule has 0 radical (unpaired) electrons. The summed E-state index contributed by atoms with van der Waals surface area (Å²) in [5.74, 6) is 2.24. The number of benzene rings is 6. The van der Waals surface area contributed by atoms with E-state index in [1.165, 1.54) is 32.7 Å². The molecule has 44 heavy (non-hydrogen) atoms. The Labute approximate surface area is 256 Å². The molecule has 0 bridgehead atoms. The molecule has 4 heteroatoms. The van der Waals surface area contributed by atoms with E-state index in [9.17, 15) is 0 Å². The summed E-state index contributed by atoms with van der Waals surface area (Å²) in [5.41, 5.74) is 7.69. The van der Waals surface area contributed by atoms with E-state index in [0.29, 0.717) is 23.5 Å². The molecular weight excluding hydrogens is 536 g/mol. The van der Waals surface area contributed by atoms with Crippen LogP contribution < -0.4 is 0 Å². The Morgan fingerprint density at radius 2 is 1.00 bits per heavy atom. The summed E-state index contributed by atoms with van der Waals surface area (Å²) < 4.78 is 2.25. The van der Waals surface area contributed by atoms with Gasteiger partial charge in [-0.1, -0.05) is 141 Å². The lowest BCUT2D eigenvalue weighted by Gasteiger charge is -2.14. The molecule has 0 fully saturated rings. The van der Waals surface area contributed by atoms with Gasteiger partial charge >= 0.3 is 0 Å². The van der Waals surface area contributed by atoms with Crippen LogP contribution in [0.25, 0.3) is 72.4 Å². The highest BCUT2D eigenvalue weighted by Gasteiger charge is 2.21. The average Bonchev–Trinajstić information content (AvgIpc) is 3.42. The Morgan fingerprint density at radius 1 is 0.455 bits per heavy atom. The number of hydrogen-bond acceptors (Lipinski definition) is 3. The Kier molecular flexibility index (Phi) is 6.27. The van der Waals surface area contributed by atoms with Gasteiger partial charge in [0.25, 0.3) is 0 Å². The van der Waals surface area contributed by atoms with E-state index in [1.807, 2.05) is 36.4 Å². The van der Waals surface area contributed by atoms with Gasteiger partial charge in [-0.2, -0.15) is 9.97 Å². The lowest BCUT2D eigenvalue weighted by Crippen LogP contribution is -2.06. The molecule has 0 saturated heterocycles. The monoisotopic (exact) mass is 566 g/mol. The molecule has 4 nitrogen and oxygen atoms in total. The van der Waals surface area contributed by atoms with Crippen LogP contribution in [0, 0.1) is 0 Å². The van der Waals surface area contributed by atoms with Gasteiger partial charge in [0.05, 0.1) is 11.0 Å². The van der Waals surface area contributed by atoms with E-state index < -0.39 is 0 Å². The topological polar surface area (TPSA) is 43.6 Å². The minimum atomic E-state index is 0.341. The minimum absolute atomic E-state index is 0.341. The van der Waals surface area contributed by atoms with E-state index in [-0.39, 0.29) is 0 Å². The number of fused-ring (bicyclic) bond motifs is 5. The van der Waals surface area contributed by atoms with Crippen molar-refractivity contribution in [3.8, 4) is 39.9 Å². The molecule has 0 spiro atoms. The van der Waals surface area contributed by atoms with Gasteiger partial charge < -0.3 is 0 Å². The summed E-state index contributed by atoms with van der Waals surface area (Å²) in [6.07, 6.45) is 0. The third kappa shape index (κ3) is 4.35. The van der Waals surface area contributed by atoms with Gasteiger partial charge in [-0.25, -0.2) is 4.98 Å². The first-order valence-corrected chi connectivity index (χ1v) is 15.1. The van der Waals surface area contributed by atoms with Crippen molar-refractivity contribution >= 4 is 32.6 Å². The summed E-state index contributed by atoms with van der Waals surface area (Å²) in [6, 6.07) is 48.7. The van der Waals surface area contributed by atoms with E-state index in [0.717, 1.165) is 27.7 Å². The van der Waals surface area contributed by atoms with E-state index >= 15 is 0 Å². The molecule has 2 heterocycles. The maximum absolute atomic E-state index is 5.17. The molecule has 6 aromatic carbocycles. The largest absolute Gasteiger partial charge is 0.278 e. The van der Waals surface area contributed by atoms with Crippen LogP contribution in [0.15, 0.2) is 140 Å². The summed E-state index contributed by atoms with van der Waals surface area (Å²) in [7, 11) is 0. The molecule has 2 aromatic heterocycles. The lowest BCUT2D eigenvalue weighted by molar-refractivity contribution is 0.876. The molecule has 0 amide bonds. The van der Waals surface area contributed by atoms with Crippen LogP contribution in [-0.2, 0) is 0 Å². The Bertz CT molecular complexity index is 2230. The molecule has 0 aliphatic carbocycles. The zero-order valence-electron chi connectivity index (χ0n) is 24.6. The standard InChI is InChI=1S/C40H30N4/c1-26(2)34-25-36-37(32-21-13-12-20-31(32)34)33-23-22-30(27-14-6-3-7-15-27)24-35(33)44(36)40-42-38(28-16-8-4-9-17-28)41-39(43-40)29-18-10-5-11-19-29/h3-26H,1-2H3. The van der Waals surface area contributed by atoms with Crippen molar-refractivity contribution < 1.29 is 0 Å². The summed E-state index contributed by atoms with van der Waals surface area (Å²) >= 11 is 0. The Morgan fingerprint density at radius 3 is 1.59 bits per heavy atom. The molecule has 210 valence electrons. The van der Waals surface area contributed by atoms with Gasteiger partial charge in [0.15, 0.2) is 11.6 Å². The molecule has 8 aromatic rings.